The molecule has 6 rings (SSSR count). The van der Waals surface area contributed by atoms with Gasteiger partial charge in [0.05, 0.1) is 32.8 Å². The van der Waals surface area contributed by atoms with Crippen molar-refractivity contribution in [2.24, 2.45) is 0 Å². The first kappa shape index (κ1) is 32.4. The van der Waals surface area contributed by atoms with E-state index in [0.29, 0.717) is 35.8 Å². The number of hydrogen-bond donors (Lipinski definition) is 0. The zero-order chi connectivity index (χ0) is 33.0. The van der Waals surface area contributed by atoms with Crippen LogP contribution in [0.2, 0.25) is 0 Å². The Morgan fingerprint density at radius 1 is 0.532 bits per heavy atom. The molecule has 4 aromatic rings. The lowest BCUT2D eigenvalue weighted by Gasteiger charge is -2.31. The van der Waals surface area contributed by atoms with E-state index in [1.807, 2.05) is 36.4 Å². The minimum absolute atomic E-state index is 0.386. The summed E-state index contributed by atoms with van der Waals surface area (Å²) in [5.41, 5.74) is 8.17. The Morgan fingerprint density at radius 2 is 0.957 bits per heavy atom. The first-order valence-electron chi connectivity index (χ1n) is 17.0. The number of carbonyl (C=O) groups is 2. The van der Waals surface area contributed by atoms with E-state index in [-0.39, 0.29) is 0 Å². The van der Waals surface area contributed by atoms with E-state index >= 15 is 0 Å². The second kappa shape index (κ2) is 14.0. The van der Waals surface area contributed by atoms with Crippen molar-refractivity contribution < 1.29 is 28.5 Å². The van der Waals surface area contributed by atoms with Crippen molar-refractivity contribution in [1.29, 1.82) is 0 Å². The van der Waals surface area contributed by atoms with Crippen molar-refractivity contribution in [1.82, 2.24) is 0 Å². The zero-order valence-electron chi connectivity index (χ0n) is 27.9. The average molecular weight is 633 g/mol. The predicted octanol–water partition coefficient (Wildman–Crippen LogP) is 9.52. The van der Waals surface area contributed by atoms with E-state index in [2.05, 4.69) is 50.2 Å². The van der Waals surface area contributed by atoms with Crippen LogP contribution < -0.4 is 9.47 Å². The van der Waals surface area contributed by atoms with Crippen molar-refractivity contribution in [2.45, 2.75) is 70.6 Å². The van der Waals surface area contributed by atoms with Crippen LogP contribution in [0.15, 0.2) is 72.8 Å². The summed E-state index contributed by atoms with van der Waals surface area (Å²) >= 11 is 0. The molecule has 0 N–H and O–H groups in total. The van der Waals surface area contributed by atoms with Gasteiger partial charge in [0.1, 0.15) is 22.6 Å². The molecule has 6 nitrogen and oxygen atoms in total. The molecule has 0 unspecified atom stereocenters. The fourth-order valence-electron chi connectivity index (χ4n) is 7.39. The summed E-state index contributed by atoms with van der Waals surface area (Å²) in [6.45, 7) is 5.36. The number of carbonyl (C=O) groups excluding carboxylic acids is 2. The third-order valence-corrected chi connectivity index (χ3v) is 9.61. The highest BCUT2D eigenvalue weighted by Gasteiger charge is 2.52. The second-order valence-electron chi connectivity index (χ2n) is 12.4. The summed E-state index contributed by atoms with van der Waals surface area (Å²) in [5.74, 6) is 0.0873. The topological polar surface area (TPSA) is 71.1 Å². The first-order chi connectivity index (χ1) is 23.0. The maximum absolute atomic E-state index is 13.4. The number of unbranched alkanes of at least 4 members (excludes halogenated alkanes) is 6. The van der Waals surface area contributed by atoms with Crippen molar-refractivity contribution in [2.75, 3.05) is 27.4 Å². The van der Waals surface area contributed by atoms with Crippen LogP contribution in [0.5, 0.6) is 11.5 Å². The van der Waals surface area contributed by atoms with Crippen LogP contribution in [0.3, 0.4) is 0 Å². The molecule has 4 aromatic carbocycles. The van der Waals surface area contributed by atoms with Crippen molar-refractivity contribution in [3.63, 3.8) is 0 Å². The van der Waals surface area contributed by atoms with Gasteiger partial charge in [-0.25, -0.2) is 9.59 Å². The highest BCUT2D eigenvalue weighted by atomic mass is 16.5. The quantitative estimate of drug-likeness (QED) is 0.0880. The highest BCUT2D eigenvalue weighted by molar-refractivity contribution is 6.02. The van der Waals surface area contributed by atoms with Crippen LogP contribution >= 0.6 is 0 Å². The average Bonchev–Trinajstić information content (AvgIpc) is 3.56. The van der Waals surface area contributed by atoms with Crippen LogP contribution in [0.25, 0.3) is 22.3 Å². The molecule has 244 valence electrons. The lowest BCUT2D eigenvalue weighted by Crippen LogP contribution is -2.27. The smallest absolute Gasteiger partial charge is 0.341 e. The largest absolute Gasteiger partial charge is 0.493 e. The molecule has 0 aliphatic heterocycles. The van der Waals surface area contributed by atoms with Crippen LogP contribution in [0.1, 0.15) is 108 Å². The Morgan fingerprint density at radius 3 is 1.36 bits per heavy atom. The van der Waals surface area contributed by atoms with Crippen LogP contribution in [-0.2, 0) is 14.9 Å². The number of hydrogen-bond acceptors (Lipinski definition) is 6. The minimum atomic E-state index is -0.789. The lowest BCUT2D eigenvalue weighted by molar-refractivity contribution is 0.0586. The SMILES string of the molecule is CCCCCCOc1cc2c(cc1C(=O)OC)C1(c3ccccc3-c3ccccc31)c1cc(C(=O)OC)c(OCCCCCC)cc1-2. The summed E-state index contributed by atoms with van der Waals surface area (Å²) < 4.78 is 23.3. The Hall–Kier alpha value is -4.58. The Bertz CT molecular complexity index is 1660. The van der Waals surface area contributed by atoms with Gasteiger partial charge in [0.15, 0.2) is 0 Å². The van der Waals surface area contributed by atoms with Gasteiger partial charge in [0, 0.05) is 0 Å². The molecule has 1 spiro atoms. The molecule has 6 heteroatoms. The molecule has 0 radical (unpaired) electrons. The van der Waals surface area contributed by atoms with E-state index in [1.54, 1.807) is 0 Å². The van der Waals surface area contributed by atoms with Gasteiger partial charge in [-0.1, -0.05) is 101 Å². The van der Waals surface area contributed by atoms with Crippen molar-refractivity contribution in [3.8, 4) is 33.8 Å². The van der Waals surface area contributed by atoms with Gasteiger partial charge < -0.3 is 18.9 Å². The van der Waals surface area contributed by atoms with Gasteiger partial charge in [-0.2, -0.15) is 0 Å². The molecule has 2 aliphatic carbocycles. The summed E-state index contributed by atoms with van der Waals surface area (Å²) in [6, 6.07) is 24.7. The van der Waals surface area contributed by atoms with Crippen LogP contribution in [-0.4, -0.2) is 39.4 Å². The summed E-state index contributed by atoms with van der Waals surface area (Å²) in [7, 11) is 2.80. The Balaban J connectivity index is 1.61. The number of benzene rings is 4. The molecular formula is C41H44O6. The van der Waals surface area contributed by atoms with Gasteiger partial charge in [0.2, 0.25) is 0 Å². The normalized spacial score (nSPS) is 13.0. The van der Waals surface area contributed by atoms with E-state index in [0.717, 1.165) is 95.9 Å². The highest BCUT2D eigenvalue weighted by Crippen LogP contribution is 2.64. The van der Waals surface area contributed by atoms with Gasteiger partial charge in [-0.15, -0.1) is 0 Å². The van der Waals surface area contributed by atoms with Crippen molar-refractivity contribution >= 4 is 11.9 Å². The number of fused-ring (bicyclic) bond motifs is 10. The van der Waals surface area contributed by atoms with E-state index in [1.165, 1.54) is 14.2 Å². The summed E-state index contributed by atoms with van der Waals surface area (Å²) in [5, 5.41) is 0. The van der Waals surface area contributed by atoms with Gasteiger partial charge in [-0.05, 0) is 81.6 Å². The van der Waals surface area contributed by atoms with E-state index in [9.17, 15) is 9.59 Å². The molecule has 0 amide bonds. The van der Waals surface area contributed by atoms with Crippen molar-refractivity contribution in [3.05, 3.63) is 106 Å². The van der Waals surface area contributed by atoms with Crippen LogP contribution in [0, 0.1) is 0 Å². The van der Waals surface area contributed by atoms with Gasteiger partial charge in [0.25, 0.3) is 0 Å². The number of rotatable bonds is 14. The van der Waals surface area contributed by atoms with E-state index in [4.69, 9.17) is 18.9 Å². The molecule has 0 bridgehead atoms. The Kier molecular flexibility index (Phi) is 9.67. The van der Waals surface area contributed by atoms with E-state index < -0.39 is 17.4 Å². The fraction of sp³-hybridized carbons (Fsp3) is 0.366. The zero-order valence-corrected chi connectivity index (χ0v) is 27.9. The first-order valence-corrected chi connectivity index (χ1v) is 17.0. The molecule has 0 aromatic heterocycles. The molecule has 0 saturated heterocycles. The lowest BCUT2D eigenvalue weighted by atomic mass is 9.70. The molecule has 0 saturated carbocycles. The number of methoxy groups -OCH3 is 2. The number of esters is 2. The minimum Gasteiger partial charge on any atom is -0.493 e. The fourth-order valence-corrected chi connectivity index (χ4v) is 7.39. The monoisotopic (exact) mass is 632 g/mol. The standard InChI is InChI=1S/C41H44O6/c1-5-7-9-15-21-46-37-25-29-30-26-38(47-22-16-10-8-6-2)32(40(43)45-4)24-36(30)41(35(29)23-31(37)39(42)44-3)33-19-13-11-17-27(33)28-18-12-14-20-34(28)41/h11-14,17-20,23-26H,5-10,15-16,21-22H2,1-4H3. The molecule has 0 atom stereocenters. The summed E-state index contributed by atoms with van der Waals surface area (Å²) in [6.07, 6.45) is 8.44. The third kappa shape index (κ3) is 5.58. The molecule has 2 aliphatic rings. The van der Waals surface area contributed by atoms with Gasteiger partial charge >= 0.3 is 11.9 Å². The molecule has 0 heterocycles. The Labute approximate surface area is 278 Å². The second-order valence-corrected chi connectivity index (χ2v) is 12.4. The van der Waals surface area contributed by atoms with Crippen LogP contribution in [0.4, 0.5) is 0 Å². The third-order valence-electron chi connectivity index (χ3n) is 9.61. The molecule has 0 fully saturated rings. The van der Waals surface area contributed by atoms with Gasteiger partial charge in [-0.3, -0.25) is 0 Å². The maximum Gasteiger partial charge on any atom is 0.341 e. The molecule has 47 heavy (non-hydrogen) atoms. The molecular weight excluding hydrogens is 588 g/mol. The summed E-state index contributed by atoms with van der Waals surface area (Å²) in [4.78, 5) is 26.8. The maximum atomic E-state index is 13.4. The predicted molar refractivity (Wildman–Crippen MR) is 185 cm³/mol. The number of ether oxygens (including phenoxy) is 4.